The van der Waals surface area contributed by atoms with Crippen molar-refractivity contribution in [3.8, 4) is 11.1 Å². The van der Waals surface area contributed by atoms with Gasteiger partial charge in [-0.25, -0.2) is 22.9 Å². The van der Waals surface area contributed by atoms with Crippen LogP contribution in [-0.4, -0.2) is 54.1 Å². The van der Waals surface area contributed by atoms with Gasteiger partial charge in [-0.3, -0.25) is 14.6 Å². The number of aliphatic hydroxyl groups is 1. The molecule has 2 aliphatic heterocycles. The van der Waals surface area contributed by atoms with Crippen molar-refractivity contribution < 1.29 is 32.6 Å². The van der Waals surface area contributed by atoms with Crippen molar-refractivity contribution in [2.45, 2.75) is 18.7 Å². The highest BCUT2D eigenvalue weighted by molar-refractivity contribution is 5.98. The molecule has 2 aliphatic rings. The van der Waals surface area contributed by atoms with E-state index in [9.17, 15) is 22.8 Å². The number of carbonyl (C=O) groups is 2. The molecule has 2 fully saturated rings. The van der Waals surface area contributed by atoms with Crippen LogP contribution in [-0.2, 0) is 9.53 Å². The molecule has 0 aliphatic carbocycles. The summed E-state index contributed by atoms with van der Waals surface area (Å²) in [5, 5.41) is 9.07. The van der Waals surface area contributed by atoms with E-state index in [0.29, 0.717) is 0 Å². The molecule has 0 radical (unpaired) electrons. The van der Waals surface area contributed by atoms with Crippen LogP contribution in [0.15, 0.2) is 30.5 Å². The Balaban J connectivity index is 1.60. The maximum atomic E-state index is 14.7. The zero-order valence-corrected chi connectivity index (χ0v) is 15.0. The molecule has 3 heterocycles. The smallest absolute Gasteiger partial charge is 0.414 e. The molecule has 2 aromatic rings. The molecular weight excluding hydrogens is 391 g/mol. The molecule has 10 heteroatoms. The molecule has 1 unspecified atom stereocenters. The fourth-order valence-electron chi connectivity index (χ4n) is 3.36. The second-order valence-electron chi connectivity index (χ2n) is 6.71. The maximum absolute atomic E-state index is 14.7. The van der Waals surface area contributed by atoms with E-state index in [-0.39, 0.29) is 42.1 Å². The summed E-state index contributed by atoms with van der Waals surface area (Å²) in [5.74, 6) is -2.87. The topological polar surface area (TPSA) is 83.0 Å². The first-order valence-corrected chi connectivity index (χ1v) is 8.89. The molecule has 152 valence electrons. The van der Waals surface area contributed by atoms with Gasteiger partial charge >= 0.3 is 6.09 Å². The molecule has 0 spiro atoms. The van der Waals surface area contributed by atoms with Crippen LogP contribution >= 0.6 is 0 Å². The number of hydrogen-bond donors (Lipinski definition) is 1. The van der Waals surface area contributed by atoms with Crippen LogP contribution in [0.25, 0.3) is 11.1 Å². The first-order chi connectivity index (χ1) is 13.9. The van der Waals surface area contributed by atoms with Crippen molar-refractivity contribution in [2.75, 3.05) is 29.5 Å². The Bertz CT molecular complexity index is 970. The summed E-state index contributed by atoms with van der Waals surface area (Å²) in [6, 6.07) is 5.41. The third-order valence-electron chi connectivity index (χ3n) is 4.91. The quantitative estimate of drug-likeness (QED) is 0.842. The lowest BCUT2D eigenvalue weighted by molar-refractivity contribution is -0.121. The van der Waals surface area contributed by atoms with Gasteiger partial charge in [0, 0.05) is 30.3 Å². The van der Waals surface area contributed by atoms with Gasteiger partial charge in [-0.05, 0) is 24.3 Å². The molecule has 2 amide bonds. The largest absolute Gasteiger partial charge is 0.441 e. The molecule has 7 nitrogen and oxygen atoms in total. The molecule has 4 rings (SSSR count). The van der Waals surface area contributed by atoms with Crippen molar-refractivity contribution in [2.24, 2.45) is 0 Å². The number of benzene rings is 1. The first-order valence-electron chi connectivity index (χ1n) is 8.89. The Kier molecular flexibility index (Phi) is 4.87. The van der Waals surface area contributed by atoms with E-state index in [2.05, 4.69) is 4.98 Å². The van der Waals surface area contributed by atoms with E-state index >= 15 is 0 Å². The van der Waals surface area contributed by atoms with E-state index in [1.54, 1.807) is 0 Å². The molecule has 2 atom stereocenters. The molecule has 1 aromatic heterocycles. The molecule has 29 heavy (non-hydrogen) atoms. The van der Waals surface area contributed by atoms with Gasteiger partial charge in [-0.1, -0.05) is 0 Å². The SMILES string of the molecule is O=C1C(F)CCN1c1ccc(-c2ccc(N3C[C@H](CO)OC3=O)c(F)c2F)cn1. The first kappa shape index (κ1) is 19.2. The van der Waals surface area contributed by atoms with Gasteiger partial charge < -0.3 is 9.84 Å². The van der Waals surface area contributed by atoms with Gasteiger partial charge in [0.2, 0.25) is 0 Å². The average molecular weight is 407 g/mol. The zero-order valence-electron chi connectivity index (χ0n) is 15.0. The van der Waals surface area contributed by atoms with Crippen LogP contribution in [0.4, 0.5) is 29.5 Å². The standard InChI is InChI=1S/C19H16F3N3O4/c20-13-5-6-24(18(13)27)15-4-1-10(7-23-15)12-2-3-14(17(22)16(12)21)25-8-11(9-26)29-19(25)28/h1-4,7,11,13,26H,5-6,8-9H2/t11-,13?/m1/s1. The lowest BCUT2D eigenvalue weighted by Crippen LogP contribution is -2.28. The number of aliphatic hydroxyl groups excluding tert-OH is 1. The van der Waals surface area contributed by atoms with Gasteiger partial charge in [-0.15, -0.1) is 0 Å². The molecule has 0 saturated carbocycles. The number of alkyl halides is 1. The number of aromatic nitrogens is 1. The van der Waals surface area contributed by atoms with Crippen LogP contribution in [0.5, 0.6) is 0 Å². The minimum absolute atomic E-state index is 0.0830. The van der Waals surface area contributed by atoms with Gasteiger partial charge in [0.1, 0.15) is 11.9 Å². The fraction of sp³-hybridized carbons (Fsp3) is 0.316. The fourth-order valence-corrected chi connectivity index (χ4v) is 3.36. The van der Waals surface area contributed by atoms with Crippen LogP contribution in [0, 0.1) is 11.6 Å². The lowest BCUT2D eigenvalue weighted by Gasteiger charge is -2.17. The number of anilines is 2. The highest BCUT2D eigenvalue weighted by Crippen LogP contribution is 2.33. The molecular formula is C19H16F3N3O4. The summed E-state index contributed by atoms with van der Waals surface area (Å²) in [5.41, 5.74) is -0.140. The van der Waals surface area contributed by atoms with E-state index in [0.717, 1.165) is 4.90 Å². The minimum atomic E-state index is -1.56. The van der Waals surface area contributed by atoms with Crippen LogP contribution < -0.4 is 9.80 Å². The van der Waals surface area contributed by atoms with Gasteiger partial charge in [0.05, 0.1) is 18.8 Å². The Morgan fingerprint density at radius 2 is 1.93 bits per heavy atom. The van der Waals surface area contributed by atoms with E-state index < -0.39 is 42.5 Å². The Morgan fingerprint density at radius 1 is 1.14 bits per heavy atom. The number of amides is 2. The predicted octanol–water partition coefficient (Wildman–Crippen LogP) is 2.42. The summed E-state index contributed by atoms with van der Waals surface area (Å²) >= 11 is 0. The summed E-state index contributed by atoms with van der Waals surface area (Å²) in [7, 11) is 0. The molecule has 0 bridgehead atoms. The van der Waals surface area contributed by atoms with Crippen molar-refractivity contribution in [3.63, 3.8) is 0 Å². The van der Waals surface area contributed by atoms with Gasteiger partial charge in [-0.2, -0.15) is 0 Å². The summed E-state index contributed by atoms with van der Waals surface area (Å²) < 4.78 is 47.5. The zero-order chi connectivity index (χ0) is 20.7. The number of rotatable bonds is 4. The van der Waals surface area contributed by atoms with Crippen molar-refractivity contribution >= 4 is 23.5 Å². The maximum Gasteiger partial charge on any atom is 0.414 e. The molecule has 2 saturated heterocycles. The molecule has 1 N–H and O–H groups in total. The van der Waals surface area contributed by atoms with E-state index in [4.69, 9.17) is 9.84 Å². The average Bonchev–Trinajstić information content (AvgIpc) is 3.26. The summed E-state index contributed by atoms with van der Waals surface area (Å²) in [6.07, 6.45) is -1.89. The third-order valence-corrected chi connectivity index (χ3v) is 4.91. The number of pyridine rings is 1. The third kappa shape index (κ3) is 3.29. The lowest BCUT2D eigenvalue weighted by atomic mass is 10.1. The molecule has 1 aromatic carbocycles. The van der Waals surface area contributed by atoms with Gasteiger partial charge in [0.25, 0.3) is 5.91 Å². The van der Waals surface area contributed by atoms with Crippen molar-refractivity contribution in [1.29, 1.82) is 0 Å². The van der Waals surface area contributed by atoms with Crippen LogP contribution in [0.3, 0.4) is 0 Å². The van der Waals surface area contributed by atoms with E-state index in [1.807, 2.05) is 0 Å². The Labute approximate surface area is 163 Å². The monoisotopic (exact) mass is 407 g/mol. The normalized spacial score (nSPS) is 21.8. The number of carbonyl (C=O) groups excluding carboxylic acids is 2. The number of nitrogens with zero attached hydrogens (tertiary/aromatic N) is 3. The highest BCUT2D eigenvalue weighted by atomic mass is 19.2. The number of ether oxygens (including phenoxy) is 1. The number of hydrogen-bond acceptors (Lipinski definition) is 5. The Hall–Kier alpha value is -3.14. The van der Waals surface area contributed by atoms with Crippen LogP contribution in [0.1, 0.15) is 6.42 Å². The van der Waals surface area contributed by atoms with Crippen LogP contribution in [0.2, 0.25) is 0 Å². The summed E-state index contributed by atoms with van der Waals surface area (Å²) in [6.45, 7) is -0.323. The van der Waals surface area contributed by atoms with Gasteiger partial charge in [0.15, 0.2) is 17.8 Å². The predicted molar refractivity (Wildman–Crippen MR) is 96.2 cm³/mol. The van der Waals surface area contributed by atoms with Crippen molar-refractivity contribution in [3.05, 3.63) is 42.1 Å². The number of halogens is 3. The Morgan fingerprint density at radius 3 is 2.52 bits per heavy atom. The minimum Gasteiger partial charge on any atom is -0.441 e. The highest BCUT2D eigenvalue weighted by Gasteiger charge is 2.35. The second-order valence-corrected chi connectivity index (χ2v) is 6.71. The summed E-state index contributed by atoms with van der Waals surface area (Å²) in [4.78, 5) is 29.7. The second kappa shape index (κ2) is 7.36. The number of cyclic esters (lactones) is 1. The van der Waals surface area contributed by atoms with E-state index in [1.165, 1.54) is 35.4 Å². The van der Waals surface area contributed by atoms with Crippen molar-refractivity contribution in [1.82, 2.24) is 4.98 Å².